The molecule has 94 valence electrons. The van der Waals surface area contributed by atoms with Gasteiger partial charge in [0.2, 0.25) is 0 Å². The number of benzene rings is 1. The normalized spacial score (nSPS) is 12.3. The highest BCUT2D eigenvalue weighted by Gasteiger charge is 2.10. The molecule has 18 heavy (non-hydrogen) atoms. The second-order valence-corrected chi connectivity index (χ2v) is 5.77. The second-order valence-electron chi connectivity index (χ2n) is 4.35. The van der Waals surface area contributed by atoms with Crippen LogP contribution in [0.2, 0.25) is 0 Å². The van der Waals surface area contributed by atoms with Gasteiger partial charge in [-0.1, -0.05) is 18.2 Å². The number of para-hydroxylation sites is 1. The largest absolute Gasteiger partial charge is 0.398 e. The van der Waals surface area contributed by atoms with Gasteiger partial charge in [-0.15, -0.1) is 0 Å². The van der Waals surface area contributed by atoms with E-state index >= 15 is 0 Å². The van der Waals surface area contributed by atoms with E-state index in [4.69, 9.17) is 5.73 Å². The Morgan fingerprint density at radius 1 is 1.28 bits per heavy atom. The Kier molecular flexibility index (Phi) is 3.77. The first-order chi connectivity index (χ1) is 8.58. The van der Waals surface area contributed by atoms with Crippen LogP contribution in [0.5, 0.6) is 0 Å². The smallest absolute Gasteiger partial charge is 0.0623 e. The molecule has 4 heteroatoms. The maximum atomic E-state index is 12.3. The lowest BCUT2D eigenvalue weighted by molar-refractivity contribution is 0.682. The number of hydrogen-bond acceptors (Lipinski definition) is 3. The molecule has 2 N–H and O–H groups in total. The summed E-state index contributed by atoms with van der Waals surface area (Å²) in [6.07, 6.45) is 3.53. The molecule has 0 spiro atoms. The average Bonchev–Trinajstić information content (AvgIpc) is 2.32. The summed E-state index contributed by atoms with van der Waals surface area (Å²) in [5.41, 5.74) is 9.58. The Hall–Kier alpha value is -1.68. The van der Waals surface area contributed by atoms with Gasteiger partial charge < -0.3 is 5.73 Å². The molecule has 3 nitrogen and oxygen atoms in total. The van der Waals surface area contributed by atoms with Crippen LogP contribution in [-0.2, 0) is 16.6 Å². The molecule has 0 fully saturated rings. The van der Waals surface area contributed by atoms with Crippen LogP contribution in [0.4, 0.5) is 5.69 Å². The first-order valence-electron chi connectivity index (χ1n) is 5.72. The SMILES string of the molecule is Cc1cncc(CS(=O)c2cccc(C)c2N)c1. The molecule has 0 aliphatic carbocycles. The summed E-state index contributed by atoms with van der Waals surface area (Å²) in [4.78, 5) is 4.81. The van der Waals surface area contributed by atoms with Gasteiger partial charge in [-0.2, -0.15) is 0 Å². The lowest BCUT2D eigenvalue weighted by atomic mass is 10.2. The van der Waals surface area contributed by atoms with Gasteiger partial charge in [0.15, 0.2) is 0 Å². The Morgan fingerprint density at radius 2 is 2.06 bits per heavy atom. The predicted octanol–water partition coefficient (Wildman–Crippen LogP) is 2.59. The molecule has 0 radical (unpaired) electrons. The van der Waals surface area contributed by atoms with Crippen LogP contribution in [0.15, 0.2) is 41.6 Å². The highest BCUT2D eigenvalue weighted by molar-refractivity contribution is 7.84. The Bertz CT molecular complexity index is 596. The van der Waals surface area contributed by atoms with E-state index in [9.17, 15) is 4.21 Å². The maximum absolute atomic E-state index is 12.3. The first-order valence-corrected chi connectivity index (χ1v) is 7.04. The van der Waals surface area contributed by atoms with Crippen LogP contribution >= 0.6 is 0 Å². The quantitative estimate of drug-likeness (QED) is 0.863. The third kappa shape index (κ3) is 2.76. The fraction of sp³-hybridized carbons (Fsp3) is 0.214. The molecule has 0 amide bonds. The summed E-state index contributed by atoms with van der Waals surface area (Å²) in [5, 5.41) is 0. The second kappa shape index (κ2) is 5.31. The molecule has 1 aromatic carbocycles. The summed E-state index contributed by atoms with van der Waals surface area (Å²) < 4.78 is 12.3. The number of aromatic nitrogens is 1. The van der Waals surface area contributed by atoms with Crippen LogP contribution in [0.1, 0.15) is 16.7 Å². The van der Waals surface area contributed by atoms with Gasteiger partial charge in [0.05, 0.1) is 27.1 Å². The molecule has 2 aromatic rings. The fourth-order valence-electron chi connectivity index (χ4n) is 1.78. The number of pyridine rings is 1. The minimum atomic E-state index is -1.13. The molecule has 0 bridgehead atoms. The summed E-state index contributed by atoms with van der Waals surface area (Å²) in [7, 11) is -1.13. The lowest BCUT2D eigenvalue weighted by Crippen LogP contribution is -2.02. The van der Waals surface area contributed by atoms with Gasteiger partial charge in [-0.25, -0.2) is 0 Å². The molecule has 1 atom stereocenters. The molecule has 1 aromatic heterocycles. The zero-order chi connectivity index (χ0) is 13.1. The number of anilines is 1. The number of aryl methyl sites for hydroxylation is 2. The van der Waals surface area contributed by atoms with Crippen LogP contribution in [0.3, 0.4) is 0 Å². The highest BCUT2D eigenvalue weighted by atomic mass is 32.2. The summed E-state index contributed by atoms with van der Waals surface area (Å²) >= 11 is 0. The number of hydrogen-bond donors (Lipinski definition) is 1. The van der Waals surface area contributed by atoms with E-state index < -0.39 is 10.8 Å². The number of nitrogens with zero attached hydrogens (tertiary/aromatic N) is 1. The van der Waals surface area contributed by atoms with Crippen molar-refractivity contribution in [3.8, 4) is 0 Å². The Labute approximate surface area is 110 Å². The van der Waals surface area contributed by atoms with Crippen LogP contribution in [0.25, 0.3) is 0 Å². The molecule has 1 heterocycles. The van der Waals surface area contributed by atoms with Crippen molar-refractivity contribution in [2.24, 2.45) is 0 Å². The summed E-state index contributed by atoms with van der Waals surface area (Å²) in [6.45, 7) is 3.89. The van der Waals surface area contributed by atoms with Crippen molar-refractivity contribution in [3.05, 3.63) is 53.3 Å². The molecule has 2 rings (SSSR count). The standard InChI is InChI=1S/C14H16N2OS/c1-10-6-12(8-16-7-10)9-18(17)13-5-3-4-11(2)14(13)15/h3-8H,9,15H2,1-2H3. The minimum Gasteiger partial charge on any atom is -0.398 e. The first kappa shape index (κ1) is 12.8. The van der Waals surface area contributed by atoms with Gasteiger partial charge in [-0.05, 0) is 36.6 Å². The average molecular weight is 260 g/mol. The molecular weight excluding hydrogens is 244 g/mol. The van der Waals surface area contributed by atoms with Crippen molar-refractivity contribution in [1.29, 1.82) is 0 Å². The topological polar surface area (TPSA) is 56.0 Å². The van der Waals surface area contributed by atoms with Crippen LogP contribution in [-0.4, -0.2) is 9.19 Å². The predicted molar refractivity (Wildman–Crippen MR) is 74.7 cm³/mol. The number of rotatable bonds is 3. The maximum Gasteiger partial charge on any atom is 0.0623 e. The van der Waals surface area contributed by atoms with Crippen molar-refractivity contribution in [2.75, 3.05) is 5.73 Å². The third-order valence-electron chi connectivity index (χ3n) is 2.76. The van der Waals surface area contributed by atoms with Gasteiger partial charge >= 0.3 is 0 Å². The van der Waals surface area contributed by atoms with E-state index in [0.717, 1.165) is 16.7 Å². The zero-order valence-electron chi connectivity index (χ0n) is 10.5. The van der Waals surface area contributed by atoms with E-state index in [1.165, 1.54) is 0 Å². The van der Waals surface area contributed by atoms with Gasteiger partial charge in [0.25, 0.3) is 0 Å². The minimum absolute atomic E-state index is 0.447. The molecule has 1 unspecified atom stereocenters. The zero-order valence-corrected chi connectivity index (χ0v) is 11.3. The van der Waals surface area contributed by atoms with Gasteiger partial charge in [-0.3, -0.25) is 9.19 Å². The molecule has 0 saturated carbocycles. The molecule has 0 aliphatic heterocycles. The van der Waals surface area contributed by atoms with Gasteiger partial charge in [0.1, 0.15) is 0 Å². The van der Waals surface area contributed by atoms with E-state index in [1.54, 1.807) is 12.4 Å². The van der Waals surface area contributed by atoms with E-state index in [2.05, 4.69) is 4.98 Å². The molecule has 0 saturated heterocycles. The summed E-state index contributed by atoms with van der Waals surface area (Å²) in [5.74, 6) is 0.447. The van der Waals surface area contributed by atoms with Crippen LogP contribution in [0, 0.1) is 13.8 Å². The van der Waals surface area contributed by atoms with Gasteiger partial charge in [0, 0.05) is 12.4 Å². The number of nitrogens with two attached hydrogens (primary N) is 1. The number of nitrogen functional groups attached to an aromatic ring is 1. The van der Waals surface area contributed by atoms with E-state index in [-0.39, 0.29) is 0 Å². The van der Waals surface area contributed by atoms with E-state index in [1.807, 2.05) is 38.1 Å². The van der Waals surface area contributed by atoms with E-state index in [0.29, 0.717) is 16.3 Å². The Balaban J connectivity index is 2.25. The van der Waals surface area contributed by atoms with Crippen LogP contribution < -0.4 is 5.73 Å². The van der Waals surface area contributed by atoms with Crippen molar-refractivity contribution in [3.63, 3.8) is 0 Å². The monoisotopic (exact) mass is 260 g/mol. The highest BCUT2D eigenvalue weighted by Crippen LogP contribution is 2.22. The van der Waals surface area contributed by atoms with Crippen molar-refractivity contribution >= 4 is 16.5 Å². The third-order valence-corrected chi connectivity index (χ3v) is 4.20. The fourth-order valence-corrected chi connectivity index (χ4v) is 3.03. The Morgan fingerprint density at radius 3 is 2.78 bits per heavy atom. The van der Waals surface area contributed by atoms with Crippen molar-refractivity contribution in [1.82, 2.24) is 4.98 Å². The summed E-state index contributed by atoms with van der Waals surface area (Å²) in [6, 6.07) is 7.62. The van der Waals surface area contributed by atoms with Crippen molar-refractivity contribution < 1.29 is 4.21 Å². The lowest BCUT2D eigenvalue weighted by Gasteiger charge is -2.08. The molecular formula is C14H16N2OS. The molecule has 0 aliphatic rings. The van der Waals surface area contributed by atoms with Crippen molar-refractivity contribution in [2.45, 2.75) is 24.5 Å².